The van der Waals surface area contributed by atoms with E-state index in [1.807, 2.05) is 0 Å². The number of hydrogen-bond donors (Lipinski definition) is 1. The SMILES string of the molecule is C#CC/C(C(=O)OC)=C(/C)O. The molecule has 0 aromatic rings. The van der Waals surface area contributed by atoms with Gasteiger partial charge in [0.25, 0.3) is 0 Å². The summed E-state index contributed by atoms with van der Waals surface area (Å²) in [6.07, 6.45) is 5.05. The number of aliphatic hydroxyl groups is 1. The normalized spacial score (nSPS) is 11.4. The van der Waals surface area contributed by atoms with Crippen LogP contribution in [0.1, 0.15) is 13.3 Å². The summed E-state index contributed by atoms with van der Waals surface area (Å²) in [7, 11) is 1.24. The highest BCUT2D eigenvalue weighted by molar-refractivity contribution is 5.89. The maximum atomic E-state index is 10.8. The van der Waals surface area contributed by atoms with Gasteiger partial charge in [0.05, 0.1) is 12.7 Å². The summed E-state index contributed by atoms with van der Waals surface area (Å²) >= 11 is 0. The minimum atomic E-state index is -0.581. The molecule has 0 saturated carbocycles. The molecule has 0 aliphatic carbocycles. The molecule has 0 atom stereocenters. The van der Waals surface area contributed by atoms with Crippen LogP contribution in [0.4, 0.5) is 0 Å². The molecule has 0 aromatic heterocycles. The van der Waals surface area contributed by atoms with Gasteiger partial charge in [-0.2, -0.15) is 0 Å². The third-order valence-electron chi connectivity index (χ3n) is 1.15. The number of allylic oxidation sites excluding steroid dienone is 1. The predicted octanol–water partition coefficient (Wildman–Crippen LogP) is 1.01. The smallest absolute Gasteiger partial charge is 0.338 e. The first kappa shape index (κ1) is 9.57. The summed E-state index contributed by atoms with van der Waals surface area (Å²) in [6, 6.07) is 0. The lowest BCUT2D eigenvalue weighted by molar-refractivity contribution is -0.136. The minimum absolute atomic E-state index is 0.0881. The zero-order chi connectivity index (χ0) is 8.85. The molecule has 60 valence electrons. The molecule has 0 aromatic carbocycles. The second-order valence-corrected chi connectivity index (χ2v) is 1.94. The first-order valence-electron chi connectivity index (χ1n) is 3.04. The van der Waals surface area contributed by atoms with Gasteiger partial charge in [0.1, 0.15) is 5.76 Å². The van der Waals surface area contributed by atoms with Gasteiger partial charge < -0.3 is 9.84 Å². The molecule has 3 nitrogen and oxygen atoms in total. The van der Waals surface area contributed by atoms with Crippen LogP contribution in [0.15, 0.2) is 11.3 Å². The number of ether oxygens (including phenoxy) is 1. The highest BCUT2D eigenvalue weighted by Gasteiger charge is 2.10. The van der Waals surface area contributed by atoms with Crippen molar-refractivity contribution in [1.29, 1.82) is 0 Å². The van der Waals surface area contributed by atoms with Gasteiger partial charge in [-0.25, -0.2) is 4.79 Å². The van der Waals surface area contributed by atoms with E-state index in [0.29, 0.717) is 0 Å². The molecule has 0 unspecified atom stereocenters. The Kier molecular flexibility index (Phi) is 3.82. The Hall–Kier alpha value is -1.43. The Morgan fingerprint density at radius 3 is 2.55 bits per heavy atom. The molecule has 0 rings (SSSR count). The summed E-state index contributed by atoms with van der Waals surface area (Å²) in [6.45, 7) is 1.39. The first-order chi connectivity index (χ1) is 5.13. The van der Waals surface area contributed by atoms with Crippen LogP contribution in [-0.4, -0.2) is 18.2 Å². The fourth-order valence-electron chi connectivity index (χ4n) is 0.573. The van der Waals surface area contributed by atoms with Gasteiger partial charge in [-0.15, -0.1) is 12.3 Å². The molecule has 3 heteroatoms. The van der Waals surface area contributed by atoms with Crippen LogP contribution in [0.25, 0.3) is 0 Å². The molecule has 0 amide bonds. The van der Waals surface area contributed by atoms with Crippen molar-refractivity contribution in [2.24, 2.45) is 0 Å². The van der Waals surface area contributed by atoms with Crippen molar-refractivity contribution in [1.82, 2.24) is 0 Å². The van der Waals surface area contributed by atoms with Crippen molar-refractivity contribution < 1.29 is 14.6 Å². The van der Waals surface area contributed by atoms with Crippen molar-refractivity contribution in [3.05, 3.63) is 11.3 Å². The van der Waals surface area contributed by atoms with E-state index in [0.717, 1.165) is 0 Å². The monoisotopic (exact) mass is 154 g/mol. The maximum absolute atomic E-state index is 10.8. The average molecular weight is 154 g/mol. The number of aliphatic hydroxyl groups excluding tert-OH is 1. The zero-order valence-corrected chi connectivity index (χ0v) is 6.55. The fraction of sp³-hybridized carbons (Fsp3) is 0.375. The van der Waals surface area contributed by atoms with E-state index in [-0.39, 0.29) is 17.8 Å². The molecule has 0 bridgehead atoms. The highest BCUT2D eigenvalue weighted by Crippen LogP contribution is 2.06. The molecule has 0 fully saturated rings. The number of hydrogen-bond acceptors (Lipinski definition) is 3. The third-order valence-corrected chi connectivity index (χ3v) is 1.15. The topological polar surface area (TPSA) is 46.5 Å². The van der Waals surface area contributed by atoms with E-state index in [2.05, 4.69) is 10.7 Å². The molecule has 0 spiro atoms. The van der Waals surface area contributed by atoms with Gasteiger partial charge >= 0.3 is 5.97 Å². The Bertz CT molecular complexity index is 216. The average Bonchev–Trinajstić information content (AvgIpc) is 1.98. The van der Waals surface area contributed by atoms with Crippen molar-refractivity contribution in [3.8, 4) is 12.3 Å². The maximum Gasteiger partial charge on any atom is 0.338 e. The van der Waals surface area contributed by atoms with E-state index in [1.165, 1.54) is 14.0 Å². The molecule has 0 heterocycles. The number of carbonyl (C=O) groups is 1. The van der Waals surface area contributed by atoms with Crippen LogP contribution < -0.4 is 0 Å². The lowest BCUT2D eigenvalue weighted by Gasteiger charge is -2.01. The van der Waals surface area contributed by atoms with Gasteiger partial charge in [-0.05, 0) is 6.92 Å². The standard InChI is InChI=1S/C8H10O3/c1-4-5-7(6(2)9)8(10)11-3/h1,9H,5H2,2-3H3/b7-6+. The summed E-state index contributed by atoms with van der Waals surface area (Å²) < 4.78 is 4.37. The molecular weight excluding hydrogens is 144 g/mol. The Morgan fingerprint density at radius 2 is 2.27 bits per heavy atom. The van der Waals surface area contributed by atoms with Crippen LogP contribution >= 0.6 is 0 Å². The van der Waals surface area contributed by atoms with Crippen LogP contribution in [0.3, 0.4) is 0 Å². The van der Waals surface area contributed by atoms with Gasteiger partial charge in [-0.1, -0.05) is 0 Å². The Labute approximate surface area is 65.7 Å². The van der Waals surface area contributed by atoms with E-state index in [9.17, 15) is 4.79 Å². The molecule has 1 N–H and O–H groups in total. The first-order valence-corrected chi connectivity index (χ1v) is 3.04. The minimum Gasteiger partial charge on any atom is -0.512 e. The van der Waals surface area contributed by atoms with Crippen LogP contribution in [-0.2, 0) is 9.53 Å². The summed E-state index contributed by atoms with van der Waals surface area (Å²) in [5.41, 5.74) is 0.134. The van der Waals surface area contributed by atoms with Gasteiger partial charge in [-0.3, -0.25) is 0 Å². The van der Waals surface area contributed by atoms with Crippen molar-refractivity contribution >= 4 is 5.97 Å². The highest BCUT2D eigenvalue weighted by atomic mass is 16.5. The van der Waals surface area contributed by atoms with Crippen molar-refractivity contribution in [2.75, 3.05) is 7.11 Å². The lowest BCUT2D eigenvalue weighted by atomic mass is 10.2. The molecule has 0 radical (unpaired) electrons. The van der Waals surface area contributed by atoms with Crippen molar-refractivity contribution in [3.63, 3.8) is 0 Å². The van der Waals surface area contributed by atoms with Crippen LogP contribution in [0.2, 0.25) is 0 Å². The second kappa shape index (κ2) is 4.40. The number of terminal acetylenes is 1. The third kappa shape index (κ3) is 2.76. The van der Waals surface area contributed by atoms with Crippen LogP contribution in [0.5, 0.6) is 0 Å². The number of esters is 1. The number of rotatable bonds is 2. The fourth-order valence-corrected chi connectivity index (χ4v) is 0.573. The van der Waals surface area contributed by atoms with Gasteiger partial charge in [0, 0.05) is 6.42 Å². The number of methoxy groups -OCH3 is 1. The summed E-state index contributed by atoms with van der Waals surface area (Å²) in [4.78, 5) is 10.8. The lowest BCUT2D eigenvalue weighted by Crippen LogP contribution is -2.06. The predicted molar refractivity (Wildman–Crippen MR) is 40.8 cm³/mol. The molecule has 0 aliphatic heterocycles. The zero-order valence-electron chi connectivity index (χ0n) is 6.55. The summed E-state index contributed by atoms with van der Waals surface area (Å²) in [5, 5.41) is 8.93. The molecule has 11 heavy (non-hydrogen) atoms. The Morgan fingerprint density at radius 1 is 1.73 bits per heavy atom. The number of carbonyl (C=O) groups excluding carboxylic acids is 1. The van der Waals surface area contributed by atoms with E-state index < -0.39 is 5.97 Å². The van der Waals surface area contributed by atoms with Crippen molar-refractivity contribution in [2.45, 2.75) is 13.3 Å². The van der Waals surface area contributed by atoms with E-state index in [4.69, 9.17) is 11.5 Å². The van der Waals surface area contributed by atoms with E-state index >= 15 is 0 Å². The quantitative estimate of drug-likeness (QED) is 0.279. The molecule has 0 saturated heterocycles. The second-order valence-electron chi connectivity index (χ2n) is 1.94. The van der Waals surface area contributed by atoms with Gasteiger partial charge in [0.15, 0.2) is 0 Å². The Balaban J connectivity index is 4.52. The summed E-state index contributed by atoms with van der Waals surface area (Å²) in [5.74, 6) is 1.58. The van der Waals surface area contributed by atoms with E-state index in [1.54, 1.807) is 0 Å². The van der Waals surface area contributed by atoms with Gasteiger partial charge in [0.2, 0.25) is 0 Å². The van der Waals surface area contributed by atoms with Crippen LogP contribution in [0, 0.1) is 12.3 Å². The molecular formula is C8H10O3. The largest absolute Gasteiger partial charge is 0.512 e. The molecule has 0 aliphatic rings.